The van der Waals surface area contributed by atoms with Crippen LogP contribution in [-0.2, 0) is 13.2 Å². The Morgan fingerprint density at radius 1 is 1.03 bits per heavy atom. The second kappa shape index (κ2) is 8.43. The largest absolute Gasteiger partial charge is 0.417 e. The maximum absolute atomic E-state index is 13.8. The Morgan fingerprint density at radius 2 is 1.80 bits per heavy atom. The number of aryl methyl sites for hydroxylation is 2. The maximum atomic E-state index is 13.8. The van der Waals surface area contributed by atoms with Gasteiger partial charge in [0.1, 0.15) is 5.69 Å². The fraction of sp³-hybridized carbons (Fsp3) is 0.115. The van der Waals surface area contributed by atoms with E-state index in [1.807, 2.05) is 30.8 Å². The van der Waals surface area contributed by atoms with Gasteiger partial charge in [0.15, 0.2) is 5.82 Å². The first-order valence-corrected chi connectivity index (χ1v) is 10.7. The second-order valence-corrected chi connectivity index (χ2v) is 8.26. The normalized spacial score (nSPS) is 11.7. The molecule has 0 spiro atoms. The molecule has 1 N–H and O–H groups in total. The van der Waals surface area contributed by atoms with Gasteiger partial charge < -0.3 is 9.88 Å². The standard InChI is InChI=1S/C26H20F3N5O/c1-16-5-8-18(9-6-16)32-25(35)20-12-17(7-10-21(20)26(27,28)29)19-4-3-11-34-23(19)13-30-24(34)22-14-33(2)15-31-22/h3-15H,1-2H3,(H,32,35). The van der Waals surface area contributed by atoms with Gasteiger partial charge in [-0.25, -0.2) is 9.97 Å². The molecule has 0 aliphatic heterocycles. The van der Waals surface area contributed by atoms with Gasteiger partial charge in [0, 0.05) is 30.7 Å². The van der Waals surface area contributed by atoms with Gasteiger partial charge in [-0.15, -0.1) is 0 Å². The lowest BCUT2D eigenvalue weighted by Crippen LogP contribution is -2.19. The van der Waals surface area contributed by atoms with Gasteiger partial charge >= 0.3 is 6.18 Å². The Labute approximate surface area is 198 Å². The lowest BCUT2D eigenvalue weighted by Gasteiger charge is -2.15. The number of nitrogens with zero attached hydrogens (tertiary/aromatic N) is 4. The van der Waals surface area contributed by atoms with E-state index in [4.69, 9.17) is 0 Å². The van der Waals surface area contributed by atoms with Gasteiger partial charge in [-0.05, 0) is 42.8 Å². The third kappa shape index (κ3) is 4.28. The molecule has 0 fully saturated rings. The quantitative estimate of drug-likeness (QED) is 0.348. The summed E-state index contributed by atoms with van der Waals surface area (Å²) in [5, 5.41) is 2.57. The summed E-state index contributed by atoms with van der Waals surface area (Å²) in [6, 6.07) is 14.0. The minimum Gasteiger partial charge on any atom is -0.340 e. The topological polar surface area (TPSA) is 64.2 Å². The summed E-state index contributed by atoms with van der Waals surface area (Å²) in [7, 11) is 1.85. The molecule has 35 heavy (non-hydrogen) atoms. The molecule has 1 amide bonds. The Balaban J connectivity index is 1.60. The molecule has 0 saturated carbocycles. The molecule has 0 unspecified atom stereocenters. The number of fused-ring (bicyclic) bond motifs is 1. The monoisotopic (exact) mass is 475 g/mol. The molecule has 176 valence electrons. The van der Waals surface area contributed by atoms with E-state index >= 15 is 0 Å². The number of hydrogen-bond acceptors (Lipinski definition) is 3. The third-order valence-corrected chi connectivity index (χ3v) is 5.69. The first kappa shape index (κ1) is 22.4. The van der Waals surface area contributed by atoms with E-state index in [9.17, 15) is 18.0 Å². The highest BCUT2D eigenvalue weighted by molar-refractivity contribution is 6.06. The SMILES string of the molecule is Cc1ccc(NC(=O)c2cc(-c3cccn4c(-c5cn(C)cn5)ncc34)ccc2C(F)(F)F)cc1. The van der Waals surface area contributed by atoms with Crippen LogP contribution < -0.4 is 5.32 Å². The number of imidazole rings is 2. The van der Waals surface area contributed by atoms with Crippen LogP contribution in [0.1, 0.15) is 21.5 Å². The van der Waals surface area contributed by atoms with Gasteiger partial charge in [0.2, 0.25) is 0 Å². The van der Waals surface area contributed by atoms with Crippen molar-refractivity contribution in [3.8, 4) is 22.6 Å². The number of aromatic nitrogens is 4. The lowest BCUT2D eigenvalue weighted by molar-refractivity contribution is -0.137. The van der Waals surface area contributed by atoms with Crippen LogP contribution in [0, 0.1) is 6.92 Å². The van der Waals surface area contributed by atoms with Crippen molar-refractivity contribution >= 4 is 17.1 Å². The van der Waals surface area contributed by atoms with Crippen molar-refractivity contribution < 1.29 is 18.0 Å². The molecular weight excluding hydrogens is 455 g/mol. The highest BCUT2D eigenvalue weighted by Crippen LogP contribution is 2.36. The number of amides is 1. The van der Waals surface area contributed by atoms with Gasteiger partial charge in [-0.2, -0.15) is 13.2 Å². The maximum Gasteiger partial charge on any atom is 0.417 e. The van der Waals surface area contributed by atoms with Crippen LogP contribution in [0.2, 0.25) is 0 Å². The molecule has 5 aromatic rings. The number of hydrogen-bond donors (Lipinski definition) is 1. The number of nitrogens with one attached hydrogen (secondary N) is 1. The fourth-order valence-electron chi connectivity index (χ4n) is 3.97. The minimum absolute atomic E-state index is 0.414. The molecule has 0 bridgehead atoms. The summed E-state index contributed by atoms with van der Waals surface area (Å²) in [5.74, 6) is -0.232. The third-order valence-electron chi connectivity index (χ3n) is 5.69. The summed E-state index contributed by atoms with van der Waals surface area (Å²) in [6.07, 6.45) is 2.25. The van der Waals surface area contributed by atoms with Gasteiger partial charge in [0.05, 0.1) is 29.2 Å². The predicted molar refractivity (Wildman–Crippen MR) is 127 cm³/mol. The van der Waals surface area contributed by atoms with E-state index < -0.39 is 23.2 Å². The number of halogens is 3. The van der Waals surface area contributed by atoms with Crippen molar-refractivity contribution in [2.45, 2.75) is 13.1 Å². The Morgan fingerprint density at radius 3 is 2.49 bits per heavy atom. The first-order valence-electron chi connectivity index (χ1n) is 10.7. The van der Waals surface area contributed by atoms with Crippen LogP contribution >= 0.6 is 0 Å². The highest BCUT2D eigenvalue weighted by atomic mass is 19.4. The number of pyridine rings is 1. The molecule has 0 atom stereocenters. The van der Waals surface area contributed by atoms with E-state index in [-0.39, 0.29) is 0 Å². The van der Waals surface area contributed by atoms with E-state index in [1.54, 1.807) is 53.5 Å². The van der Waals surface area contributed by atoms with Crippen LogP contribution in [-0.4, -0.2) is 24.8 Å². The molecule has 0 aliphatic carbocycles. The molecule has 3 heterocycles. The number of rotatable bonds is 4. The van der Waals surface area contributed by atoms with Gasteiger partial charge in [-0.3, -0.25) is 9.20 Å². The molecule has 6 nitrogen and oxygen atoms in total. The van der Waals surface area contributed by atoms with Crippen molar-refractivity contribution in [1.29, 1.82) is 0 Å². The van der Waals surface area contributed by atoms with Gasteiger partial charge in [-0.1, -0.05) is 29.8 Å². The summed E-state index contributed by atoms with van der Waals surface area (Å²) < 4.78 is 45.0. The number of alkyl halides is 3. The van der Waals surface area contributed by atoms with Crippen molar-refractivity contribution in [2.24, 2.45) is 7.05 Å². The van der Waals surface area contributed by atoms with E-state index in [2.05, 4.69) is 15.3 Å². The highest BCUT2D eigenvalue weighted by Gasteiger charge is 2.35. The Kier molecular flexibility index (Phi) is 5.39. The van der Waals surface area contributed by atoms with Crippen LogP contribution in [0.25, 0.3) is 28.2 Å². The summed E-state index contributed by atoms with van der Waals surface area (Å²) in [4.78, 5) is 21.8. The van der Waals surface area contributed by atoms with Crippen molar-refractivity contribution in [3.05, 3.63) is 96.2 Å². The van der Waals surface area contributed by atoms with Crippen LogP contribution in [0.4, 0.5) is 18.9 Å². The predicted octanol–water partition coefficient (Wildman–Crippen LogP) is 5.98. The first-order chi connectivity index (χ1) is 16.7. The molecule has 0 radical (unpaired) electrons. The van der Waals surface area contributed by atoms with E-state index in [1.165, 1.54) is 12.1 Å². The molecule has 5 rings (SSSR count). The Bertz CT molecular complexity index is 1550. The van der Waals surface area contributed by atoms with Crippen molar-refractivity contribution in [1.82, 2.24) is 18.9 Å². The summed E-state index contributed by atoms with van der Waals surface area (Å²) in [6.45, 7) is 1.88. The van der Waals surface area contributed by atoms with Crippen molar-refractivity contribution in [2.75, 3.05) is 5.32 Å². The smallest absolute Gasteiger partial charge is 0.340 e. The molecular formula is C26H20F3N5O. The zero-order valence-electron chi connectivity index (χ0n) is 18.8. The molecule has 9 heteroatoms. The molecule has 0 aliphatic rings. The van der Waals surface area contributed by atoms with E-state index in [0.29, 0.717) is 33.8 Å². The lowest BCUT2D eigenvalue weighted by atomic mass is 9.98. The zero-order valence-corrected chi connectivity index (χ0v) is 18.8. The van der Waals surface area contributed by atoms with E-state index in [0.717, 1.165) is 11.6 Å². The summed E-state index contributed by atoms with van der Waals surface area (Å²) >= 11 is 0. The zero-order chi connectivity index (χ0) is 24.7. The second-order valence-electron chi connectivity index (χ2n) is 8.26. The Hall–Kier alpha value is -4.40. The van der Waals surface area contributed by atoms with Crippen LogP contribution in [0.15, 0.2) is 79.5 Å². The number of carbonyl (C=O) groups is 1. The number of anilines is 1. The number of carbonyl (C=O) groups excluding carboxylic acids is 1. The average Bonchev–Trinajstić information content (AvgIpc) is 3.45. The summed E-state index contributed by atoms with van der Waals surface area (Å²) in [5.41, 5.74) is 2.37. The van der Waals surface area contributed by atoms with Gasteiger partial charge in [0.25, 0.3) is 5.91 Å². The number of benzene rings is 2. The molecule has 0 saturated heterocycles. The average molecular weight is 475 g/mol. The van der Waals surface area contributed by atoms with Crippen LogP contribution in [0.5, 0.6) is 0 Å². The minimum atomic E-state index is -4.69. The van der Waals surface area contributed by atoms with Crippen LogP contribution in [0.3, 0.4) is 0 Å². The molecule has 3 aromatic heterocycles. The molecule has 2 aromatic carbocycles. The fourth-order valence-corrected chi connectivity index (χ4v) is 3.97. The van der Waals surface area contributed by atoms with Crippen molar-refractivity contribution in [3.63, 3.8) is 0 Å².